The third-order valence-corrected chi connectivity index (χ3v) is 3.44. The van der Waals surface area contributed by atoms with Crippen molar-refractivity contribution in [3.8, 4) is 0 Å². The van der Waals surface area contributed by atoms with E-state index in [4.69, 9.17) is 0 Å². The summed E-state index contributed by atoms with van der Waals surface area (Å²) in [4.78, 5) is 10.8. The van der Waals surface area contributed by atoms with Crippen molar-refractivity contribution in [3.63, 3.8) is 0 Å². The Morgan fingerprint density at radius 2 is 2.05 bits per heavy atom. The predicted octanol–water partition coefficient (Wildman–Crippen LogP) is 0.828. The molecule has 21 heavy (non-hydrogen) atoms. The first-order valence-corrected chi connectivity index (χ1v) is 7.13. The molecule has 1 rings (SSSR count). The van der Waals surface area contributed by atoms with Crippen molar-refractivity contribution in [1.29, 1.82) is 0 Å². The highest BCUT2D eigenvalue weighted by atomic mass is 127. The molecule has 8 heteroatoms. The summed E-state index contributed by atoms with van der Waals surface area (Å²) in [6.07, 6.45) is 1.55. The lowest BCUT2D eigenvalue weighted by Gasteiger charge is -2.27. The van der Waals surface area contributed by atoms with Crippen LogP contribution in [-0.4, -0.2) is 58.3 Å². The predicted molar refractivity (Wildman–Crippen MR) is 97.0 cm³/mol. The standard InChI is InChI=1S/C13H27N7.HI/c1-6-20(7-2)11(3)8-15-13(14-4)16-9-12-17-10-18-19(12)5;/h10-11H,6-9H2,1-5H3,(H2,14,15,16);1H. The average molecular weight is 409 g/mol. The molecular formula is C13H28IN7. The van der Waals surface area contributed by atoms with E-state index in [1.165, 1.54) is 0 Å². The second-order valence-electron chi connectivity index (χ2n) is 4.68. The van der Waals surface area contributed by atoms with E-state index in [0.717, 1.165) is 31.4 Å². The highest BCUT2D eigenvalue weighted by Gasteiger charge is 2.10. The van der Waals surface area contributed by atoms with E-state index >= 15 is 0 Å². The molecule has 0 saturated heterocycles. The van der Waals surface area contributed by atoms with Crippen LogP contribution in [0.15, 0.2) is 11.3 Å². The number of halogens is 1. The van der Waals surface area contributed by atoms with Gasteiger partial charge in [0.15, 0.2) is 5.96 Å². The normalized spacial score (nSPS) is 13.0. The molecule has 7 nitrogen and oxygen atoms in total. The summed E-state index contributed by atoms with van der Waals surface area (Å²) in [5, 5.41) is 10.6. The number of likely N-dealkylation sites (N-methyl/N-ethyl adjacent to an activating group) is 1. The number of nitrogens with one attached hydrogen (secondary N) is 2. The minimum atomic E-state index is 0. The minimum absolute atomic E-state index is 0. The summed E-state index contributed by atoms with van der Waals surface area (Å²) in [7, 11) is 3.65. The molecular weight excluding hydrogens is 381 g/mol. The van der Waals surface area contributed by atoms with Crippen LogP contribution in [0.5, 0.6) is 0 Å². The van der Waals surface area contributed by atoms with Gasteiger partial charge in [0.05, 0.1) is 6.54 Å². The molecule has 0 aliphatic carbocycles. The first-order chi connectivity index (χ1) is 9.62. The van der Waals surface area contributed by atoms with Gasteiger partial charge in [-0.3, -0.25) is 14.6 Å². The van der Waals surface area contributed by atoms with Crippen molar-refractivity contribution in [3.05, 3.63) is 12.2 Å². The van der Waals surface area contributed by atoms with Crippen molar-refractivity contribution in [2.75, 3.05) is 26.7 Å². The Kier molecular flexibility index (Phi) is 10.3. The Labute approximate surface area is 144 Å². The summed E-state index contributed by atoms with van der Waals surface area (Å²) < 4.78 is 1.75. The SMILES string of the molecule is CCN(CC)C(C)CNC(=NC)NCc1ncnn1C.I. The molecule has 0 aromatic carbocycles. The number of aromatic nitrogens is 3. The molecule has 0 saturated carbocycles. The zero-order valence-electron chi connectivity index (χ0n) is 13.6. The lowest BCUT2D eigenvalue weighted by atomic mass is 10.3. The van der Waals surface area contributed by atoms with Gasteiger partial charge in [-0.15, -0.1) is 24.0 Å². The molecule has 0 amide bonds. The second kappa shape index (κ2) is 10.8. The van der Waals surface area contributed by atoms with Gasteiger partial charge in [0, 0.05) is 26.7 Å². The van der Waals surface area contributed by atoms with Crippen molar-refractivity contribution < 1.29 is 0 Å². The summed E-state index contributed by atoms with van der Waals surface area (Å²) >= 11 is 0. The summed E-state index contributed by atoms with van der Waals surface area (Å²) in [6.45, 7) is 10.2. The lowest BCUT2D eigenvalue weighted by molar-refractivity contribution is 0.231. The molecule has 0 spiro atoms. The van der Waals surface area contributed by atoms with Gasteiger partial charge >= 0.3 is 0 Å². The number of hydrogen-bond donors (Lipinski definition) is 2. The summed E-state index contributed by atoms with van der Waals surface area (Å²) in [5.74, 6) is 1.66. The fraction of sp³-hybridized carbons (Fsp3) is 0.769. The summed E-state index contributed by atoms with van der Waals surface area (Å²) in [6, 6.07) is 0.471. The largest absolute Gasteiger partial charge is 0.355 e. The highest BCUT2D eigenvalue weighted by Crippen LogP contribution is 1.96. The maximum atomic E-state index is 4.22. The Hall–Kier alpha value is -0.900. The van der Waals surface area contributed by atoms with Gasteiger partial charge in [-0.25, -0.2) is 4.98 Å². The lowest BCUT2D eigenvalue weighted by Crippen LogP contribution is -2.45. The van der Waals surface area contributed by atoms with Crippen LogP contribution in [0.25, 0.3) is 0 Å². The highest BCUT2D eigenvalue weighted by molar-refractivity contribution is 14.0. The Morgan fingerprint density at radius 3 is 2.52 bits per heavy atom. The quantitative estimate of drug-likeness (QED) is 0.397. The molecule has 2 N–H and O–H groups in total. The molecule has 1 heterocycles. The van der Waals surface area contributed by atoms with Gasteiger partial charge in [-0.1, -0.05) is 13.8 Å². The molecule has 122 valence electrons. The van der Waals surface area contributed by atoms with Crippen molar-refractivity contribution in [1.82, 2.24) is 30.3 Å². The smallest absolute Gasteiger partial charge is 0.191 e. The maximum absolute atomic E-state index is 4.22. The van der Waals surface area contributed by atoms with Crippen LogP contribution in [0, 0.1) is 0 Å². The van der Waals surface area contributed by atoms with E-state index in [1.54, 1.807) is 18.1 Å². The average Bonchev–Trinajstić information content (AvgIpc) is 2.86. The molecule has 0 bridgehead atoms. The third kappa shape index (κ3) is 6.60. The van der Waals surface area contributed by atoms with Gasteiger partial charge < -0.3 is 10.6 Å². The van der Waals surface area contributed by atoms with Crippen molar-refractivity contribution in [2.45, 2.75) is 33.4 Å². The van der Waals surface area contributed by atoms with Crippen LogP contribution in [0.4, 0.5) is 0 Å². The Morgan fingerprint density at radius 1 is 1.38 bits per heavy atom. The first kappa shape index (κ1) is 20.1. The zero-order chi connectivity index (χ0) is 15.0. The van der Waals surface area contributed by atoms with E-state index in [2.05, 4.69) is 51.4 Å². The molecule has 0 fully saturated rings. The second-order valence-corrected chi connectivity index (χ2v) is 4.68. The minimum Gasteiger partial charge on any atom is -0.355 e. The zero-order valence-corrected chi connectivity index (χ0v) is 16.0. The molecule has 1 aromatic rings. The maximum Gasteiger partial charge on any atom is 0.191 e. The van der Waals surface area contributed by atoms with Gasteiger partial charge in [0.2, 0.25) is 0 Å². The van der Waals surface area contributed by atoms with E-state index < -0.39 is 0 Å². The van der Waals surface area contributed by atoms with Crippen LogP contribution in [0.3, 0.4) is 0 Å². The third-order valence-electron chi connectivity index (χ3n) is 3.44. The number of guanidine groups is 1. The van der Waals surface area contributed by atoms with Gasteiger partial charge in [-0.05, 0) is 20.0 Å². The molecule has 0 aliphatic heterocycles. The van der Waals surface area contributed by atoms with Crippen LogP contribution in [-0.2, 0) is 13.6 Å². The number of nitrogens with zero attached hydrogens (tertiary/aromatic N) is 5. The monoisotopic (exact) mass is 409 g/mol. The molecule has 1 atom stereocenters. The van der Waals surface area contributed by atoms with Crippen LogP contribution < -0.4 is 10.6 Å². The van der Waals surface area contributed by atoms with E-state index in [1.807, 2.05) is 7.05 Å². The van der Waals surface area contributed by atoms with Crippen molar-refractivity contribution in [2.24, 2.45) is 12.0 Å². The summed E-state index contributed by atoms with van der Waals surface area (Å²) in [5.41, 5.74) is 0. The first-order valence-electron chi connectivity index (χ1n) is 7.13. The Balaban J connectivity index is 0.00000400. The number of aryl methyl sites for hydroxylation is 1. The number of rotatable bonds is 7. The Bertz CT molecular complexity index is 414. The molecule has 0 radical (unpaired) electrons. The molecule has 1 unspecified atom stereocenters. The number of hydrogen-bond acceptors (Lipinski definition) is 4. The topological polar surface area (TPSA) is 70.4 Å². The van der Waals surface area contributed by atoms with E-state index in [0.29, 0.717) is 12.6 Å². The molecule has 0 aliphatic rings. The molecule has 1 aromatic heterocycles. The fourth-order valence-corrected chi connectivity index (χ4v) is 2.08. The van der Waals surface area contributed by atoms with Crippen LogP contribution >= 0.6 is 24.0 Å². The number of aliphatic imine (C=N–C) groups is 1. The van der Waals surface area contributed by atoms with Crippen LogP contribution in [0.2, 0.25) is 0 Å². The fourth-order valence-electron chi connectivity index (χ4n) is 2.08. The van der Waals surface area contributed by atoms with Gasteiger partial charge in [0.25, 0.3) is 0 Å². The van der Waals surface area contributed by atoms with E-state index in [-0.39, 0.29) is 24.0 Å². The van der Waals surface area contributed by atoms with Crippen molar-refractivity contribution >= 4 is 29.9 Å². The van der Waals surface area contributed by atoms with E-state index in [9.17, 15) is 0 Å². The van der Waals surface area contributed by atoms with Crippen LogP contribution in [0.1, 0.15) is 26.6 Å². The van der Waals surface area contributed by atoms with Gasteiger partial charge in [-0.2, -0.15) is 5.10 Å². The van der Waals surface area contributed by atoms with Gasteiger partial charge in [0.1, 0.15) is 12.2 Å².